The van der Waals surface area contributed by atoms with Gasteiger partial charge in [-0.15, -0.1) is 0 Å². The van der Waals surface area contributed by atoms with Gasteiger partial charge in [0.15, 0.2) is 23.1 Å². The third-order valence-electron chi connectivity index (χ3n) is 26.3. The number of aromatic carboxylic acids is 1. The molecule has 0 saturated carbocycles. The Balaban J connectivity index is 0.000000150. The molecule has 6 aliphatic rings. The smallest absolute Gasteiger partial charge is 0.434 e. The number of fused-ring (bicyclic) bond motifs is 4. The number of nitrogens with two attached hydrogens (primary N) is 4. The van der Waals surface area contributed by atoms with Crippen molar-refractivity contribution in [3.8, 4) is 23.0 Å². The molecule has 18 rings (SSSR count). The van der Waals surface area contributed by atoms with Gasteiger partial charge >= 0.3 is 12.1 Å². The number of nitrogen functional groups attached to an aromatic ring is 4. The maximum atomic E-state index is 13.9. The number of aromatic nitrogens is 17. The quantitative estimate of drug-likeness (QED) is 0.0168. The van der Waals surface area contributed by atoms with Crippen LogP contribution in [-0.2, 0) is 58.0 Å². The van der Waals surface area contributed by atoms with E-state index in [2.05, 4.69) is 114 Å². The summed E-state index contributed by atoms with van der Waals surface area (Å²) in [7, 11) is 6.28. The summed E-state index contributed by atoms with van der Waals surface area (Å²) in [5.74, 6) is -0.611. The van der Waals surface area contributed by atoms with Gasteiger partial charge in [0, 0.05) is 144 Å². The monoisotopic (exact) mass is 2120 g/mol. The lowest BCUT2D eigenvalue weighted by Gasteiger charge is -2.34. The Kier molecular flexibility index (Phi) is 33.1. The minimum atomic E-state index is -4.94. The van der Waals surface area contributed by atoms with Crippen LogP contribution in [0.3, 0.4) is 0 Å². The molecule has 0 radical (unpaired) electrons. The molecule has 2 fully saturated rings. The molecule has 0 bridgehead atoms. The zero-order valence-corrected chi connectivity index (χ0v) is 86.7. The fraction of sp³-hybridized carbons (Fsp3) is 0.347. The number of nitrogens with one attached hydrogen (secondary N) is 4. The maximum Gasteiger partial charge on any atom is 0.434 e. The fourth-order valence-electron chi connectivity index (χ4n) is 18.6. The predicted molar refractivity (Wildman–Crippen MR) is 558 cm³/mol. The zero-order chi connectivity index (χ0) is 108. The van der Waals surface area contributed by atoms with Gasteiger partial charge in [-0.1, -0.05) is 48.7 Å². The second kappa shape index (κ2) is 45.9. The van der Waals surface area contributed by atoms with Crippen LogP contribution < -0.4 is 61.5 Å². The number of alkyl halides is 3. The molecular formula is C101H111Cl3F3N29O14. The van der Waals surface area contributed by atoms with Crippen molar-refractivity contribution in [1.82, 2.24) is 104 Å². The number of carbonyl (C=O) groups excluding carboxylic acids is 6. The lowest BCUT2D eigenvalue weighted by molar-refractivity contribution is -0.141. The van der Waals surface area contributed by atoms with Crippen LogP contribution in [0.2, 0.25) is 15.5 Å². The van der Waals surface area contributed by atoms with Crippen molar-refractivity contribution in [1.29, 1.82) is 0 Å². The van der Waals surface area contributed by atoms with Crippen molar-refractivity contribution >= 4 is 170 Å². The van der Waals surface area contributed by atoms with E-state index in [0.29, 0.717) is 150 Å². The molecule has 0 atom stereocenters. The second-order valence-corrected chi connectivity index (χ2v) is 37.0. The molecule has 0 spiro atoms. The second-order valence-electron chi connectivity index (χ2n) is 35.9. The van der Waals surface area contributed by atoms with Gasteiger partial charge in [0.2, 0.25) is 23.8 Å². The Hall–Kier alpha value is -15.9. The van der Waals surface area contributed by atoms with Gasteiger partial charge < -0.3 is 91.8 Å². The fourth-order valence-corrected chi connectivity index (χ4v) is 19.4. The standard InChI is InChI=1S/C27H31ClN8O4.C27H34ClN7O2.C25H27ClN8O4.C22H19F3N6O4/c1-15-13-30-20(16(2)22(15)40-3)14-36-24-21(23(28)32-27(29)33-24)18(25(36)38)12-17-4-5-19(31-17)26(39)35-8-6-34(7-9-35)10-11-37;1-6-34(7-2)12-8-9-18-10-11-19(31-18)13-20-22-24(28)32-27(29)33-25(22)35(26(20)36)15-21-17(4)23(37-5)16(3)14-30-21;1-12-9-28-17(13(2)20(12)38-3)11-34-22-19(21(26)31-25(27)32-22)15(23(34)36)8-18-29-10-16(30-18)24(37)33-6-4-14(35)5-7-33;1-9-6-28-14(10(2)16(9)35-3)8-31-18-15(17(22(23,24)25)29-21(26)30-18)13(19(31)32)5-12-4-11(7-27-12)20(33)34/h4-5,12-13,31,37H,6-11,14H2,1-3H3,(H2,29,32,33);10-11,13-14,31H,6-9,12,15H2,1-5H3,(H2,29,32,33);8-10,14,35H,4-7,11H2,1-3H3,(H,29,30)(H2,27,31,32);4-7,27H,8H2,1-3H3,(H,33,34)(H2,26,29,30)/b18-12-;20-13-;15-8-;13-5-. The van der Waals surface area contributed by atoms with Crippen molar-refractivity contribution in [2.24, 2.45) is 0 Å². The van der Waals surface area contributed by atoms with Crippen molar-refractivity contribution in [2.45, 2.75) is 133 Å². The lowest BCUT2D eigenvalue weighted by atomic mass is 10.1. The SMILES string of the molecule is CCN(CC)CCCc1ccc(/C=C2\C(=O)N(Cc3ncc(C)c(OC)c3C)c3nc(N)nc(Cl)c32)[nH]1.COc1c(C)cnc(CN2C(=O)/C(=C\c3cc(C(=O)O)c[nH]3)c3c2nc(N)nc3C(F)(F)F)c1C.COc1c(C)cnc(CN2C(=O)/C(=C\c3ccc(C(=O)N4CCN(CCO)CC4)[nH]3)c3c(Cl)nc(N)nc32)c1C.COc1c(C)cnc(CN2C(=O)/C(=C\c3ncc(C(=O)N4CCC(O)CC4)[nH]3)c3c(Cl)nc(N)nc32)c1C. The number of amides is 6. The Morgan fingerprint density at radius 1 is 0.487 bits per heavy atom. The summed E-state index contributed by atoms with van der Waals surface area (Å²) < 4.78 is 63.7. The number of aliphatic hydroxyl groups is 2. The molecule has 12 aromatic rings. The van der Waals surface area contributed by atoms with Crippen LogP contribution in [0, 0.1) is 55.4 Å². The van der Waals surface area contributed by atoms with E-state index in [0.717, 1.165) is 106 Å². The van der Waals surface area contributed by atoms with Crippen molar-refractivity contribution in [3.63, 3.8) is 0 Å². The van der Waals surface area contributed by atoms with Crippen LogP contribution in [0.5, 0.6) is 23.0 Å². The number of imidazole rings is 1. The van der Waals surface area contributed by atoms with Crippen LogP contribution in [0.1, 0.15) is 188 Å². The summed E-state index contributed by atoms with van der Waals surface area (Å²) in [5.41, 5.74) is 35.0. The number of nitrogens with zero attached hydrogens (tertiary/aromatic N) is 21. The van der Waals surface area contributed by atoms with Gasteiger partial charge in [0.05, 0.1) is 146 Å². The summed E-state index contributed by atoms with van der Waals surface area (Å²) in [6.45, 7) is 26.8. The highest BCUT2D eigenvalue weighted by molar-refractivity contribution is 6.43. The van der Waals surface area contributed by atoms with E-state index in [1.807, 2.05) is 47.6 Å². The Morgan fingerprint density at radius 2 is 0.867 bits per heavy atom. The minimum absolute atomic E-state index is 0.00401. The number of carboxylic acids is 1. The van der Waals surface area contributed by atoms with Crippen molar-refractivity contribution < 1.29 is 81.0 Å². The molecule has 150 heavy (non-hydrogen) atoms. The van der Waals surface area contributed by atoms with Crippen molar-refractivity contribution in [3.05, 3.63) is 224 Å². The third-order valence-corrected chi connectivity index (χ3v) is 27.1. The van der Waals surface area contributed by atoms with Crippen LogP contribution in [0.4, 0.5) is 60.2 Å². The molecule has 49 heteroatoms. The van der Waals surface area contributed by atoms with Gasteiger partial charge in [0.25, 0.3) is 35.4 Å². The highest BCUT2D eigenvalue weighted by Gasteiger charge is 2.48. The first-order chi connectivity index (χ1) is 71.6. The molecule has 12 aromatic heterocycles. The average Bonchev–Trinajstić information content (AvgIpc) is 1.34. The van der Waals surface area contributed by atoms with E-state index in [-0.39, 0.29) is 141 Å². The number of hydrogen-bond donors (Lipinski definition) is 11. The Morgan fingerprint density at radius 3 is 1.27 bits per heavy atom. The first kappa shape index (κ1) is 108. The molecule has 0 aromatic carbocycles. The highest BCUT2D eigenvalue weighted by Crippen LogP contribution is 2.49. The lowest BCUT2D eigenvalue weighted by Crippen LogP contribution is -2.49. The van der Waals surface area contributed by atoms with E-state index in [9.17, 15) is 51.8 Å². The van der Waals surface area contributed by atoms with Crippen molar-refractivity contribution in [2.75, 3.05) is 143 Å². The number of hydrogen-bond acceptors (Lipinski definition) is 32. The number of carboxylic acid groups (broad SMARTS) is 1. The maximum absolute atomic E-state index is 13.9. The zero-order valence-electron chi connectivity index (χ0n) is 84.5. The summed E-state index contributed by atoms with van der Waals surface area (Å²) >= 11 is 19.4. The molecule has 43 nitrogen and oxygen atoms in total. The van der Waals surface area contributed by atoms with Gasteiger partial charge in [-0.2, -0.15) is 33.1 Å². The van der Waals surface area contributed by atoms with E-state index in [1.54, 1.807) is 92.8 Å². The van der Waals surface area contributed by atoms with Crippen LogP contribution in [0.15, 0.2) is 67.5 Å². The first-order valence-corrected chi connectivity index (χ1v) is 48.7. The number of H-pyrrole nitrogens is 4. The number of aromatic amines is 4. The van der Waals surface area contributed by atoms with E-state index in [4.69, 9.17) is 86.9 Å². The van der Waals surface area contributed by atoms with Crippen LogP contribution >= 0.6 is 34.8 Å². The number of aliphatic hydroxyl groups excluding tert-OH is 2. The summed E-state index contributed by atoms with van der Waals surface area (Å²) in [6, 6.07) is 8.64. The third kappa shape index (κ3) is 22.9. The highest BCUT2D eigenvalue weighted by atomic mass is 35.5. The van der Waals surface area contributed by atoms with Crippen LogP contribution in [-0.4, -0.2) is 268 Å². The number of methoxy groups -OCH3 is 4. The normalized spacial score (nSPS) is 15.6. The molecule has 786 valence electrons. The minimum Gasteiger partial charge on any atom is -0.496 e. The number of carbonyl (C=O) groups is 7. The number of likely N-dealkylation sites (tertiary alicyclic amines) is 1. The van der Waals surface area contributed by atoms with E-state index >= 15 is 0 Å². The van der Waals surface area contributed by atoms with Gasteiger partial charge in [-0.25, -0.2) is 29.7 Å². The van der Waals surface area contributed by atoms with Crippen LogP contribution in [0.25, 0.3) is 46.6 Å². The number of rotatable bonds is 27. The van der Waals surface area contributed by atoms with E-state index < -0.39 is 47.3 Å². The molecule has 0 unspecified atom stereocenters. The molecule has 0 aliphatic carbocycles. The molecule has 6 amide bonds. The number of pyridine rings is 4. The summed E-state index contributed by atoms with van der Waals surface area (Å²) in [4.78, 5) is 172. The number of anilines is 8. The topological polar surface area (TPSA) is 578 Å². The average molecular weight is 2120 g/mol. The molecular weight excluding hydrogens is 2010 g/mol. The number of aryl methyl sites for hydroxylation is 5. The molecule has 18 heterocycles. The largest absolute Gasteiger partial charge is 0.496 e. The first-order valence-electron chi connectivity index (χ1n) is 47.6. The Labute approximate surface area is 873 Å². The summed E-state index contributed by atoms with van der Waals surface area (Å²) in [5, 5.41) is 28.2. The summed E-state index contributed by atoms with van der Waals surface area (Å²) in [6.07, 6.45) is 13.0. The molecule has 2 saturated heterocycles. The number of ether oxygens (including phenoxy) is 4. The number of β-amino-alcohol motifs (C(OH)–C–C–N with tert-alkyl or cyclic N) is 1. The van der Waals surface area contributed by atoms with Gasteiger partial charge in [0.1, 0.15) is 61.5 Å². The van der Waals surface area contributed by atoms with E-state index in [1.165, 1.54) is 41.4 Å². The molecule has 6 aliphatic heterocycles. The number of piperidine rings is 1. The Bertz CT molecular complexity index is 7410. The van der Waals surface area contributed by atoms with Gasteiger partial charge in [-0.05, 0) is 155 Å². The number of halogens is 6. The number of piperazine rings is 1. The van der Waals surface area contributed by atoms with Gasteiger partial charge in [-0.3, -0.25) is 73.2 Å². The predicted octanol–water partition coefficient (Wildman–Crippen LogP) is 11.7. The molecule has 15 N–H and O–H groups in total.